The van der Waals surface area contributed by atoms with Crippen molar-refractivity contribution in [1.29, 1.82) is 0 Å². The van der Waals surface area contributed by atoms with Gasteiger partial charge in [-0.3, -0.25) is 0 Å². The topological polar surface area (TPSA) is 0 Å². The van der Waals surface area contributed by atoms with Crippen molar-refractivity contribution in [1.82, 2.24) is 0 Å². The Hall–Kier alpha value is -1.07. The molecule has 24 heavy (non-hydrogen) atoms. The van der Waals surface area contributed by atoms with Crippen LogP contribution in [-0.4, -0.2) is 12.9 Å². The van der Waals surface area contributed by atoms with E-state index in [-0.39, 0.29) is 7.92 Å². The fourth-order valence-corrected chi connectivity index (χ4v) is 7.62. The molecule has 2 aromatic carbocycles. The molecule has 2 saturated heterocycles. The van der Waals surface area contributed by atoms with E-state index in [9.17, 15) is 0 Å². The van der Waals surface area contributed by atoms with Gasteiger partial charge in [-0.15, -0.1) is 0 Å². The van der Waals surface area contributed by atoms with Gasteiger partial charge in [0.15, 0.2) is 0 Å². The van der Waals surface area contributed by atoms with E-state index in [0.717, 1.165) is 18.3 Å². The second-order valence-electron chi connectivity index (χ2n) is 7.66. The van der Waals surface area contributed by atoms with Crippen molar-refractivity contribution in [2.24, 2.45) is 0 Å². The fraction of sp³-hybridized carbons (Fsp3) is 0.455. The minimum Gasteiger partial charge on any atom is -0.0691 e. The molecular formula is C22H28BP. The summed E-state index contributed by atoms with van der Waals surface area (Å²) < 4.78 is 0. The van der Waals surface area contributed by atoms with Crippen LogP contribution in [0.5, 0.6) is 0 Å². The Morgan fingerprint density at radius 3 is 1.62 bits per heavy atom. The largest absolute Gasteiger partial charge is 0.146 e. The molecule has 0 radical (unpaired) electrons. The first kappa shape index (κ1) is 16.4. The molecule has 0 aliphatic carbocycles. The summed E-state index contributed by atoms with van der Waals surface area (Å²) in [6.07, 6.45) is 11.9. The van der Waals surface area contributed by atoms with E-state index >= 15 is 0 Å². The molecule has 2 aliphatic heterocycles. The maximum absolute atomic E-state index is 2.35. The van der Waals surface area contributed by atoms with Gasteiger partial charge in [0, 0.05) is 0 Å². The van der Waals surface area contributed by atoms with Crippen molar-refractivity contribution < 1.29 is 0 Å². The molecule has 2 heteroatoms. The highest BCUT2D eigenvalue weighted by Crippen LogP contribution is 2.49. The van der Waals surface area contributed by atoms with Crippen LogP contribution < -0.4 is 10.6 Å². The van der Waals surface area contributed by atoms with Gasteiger partial charge in [0.2, 0.25) is 0 Å². The zero-order valence-electron chi connectivity index (χ0n) is 14.6. The number of benzene rings is 2. The second-order valence-corrected chi connectivity index (χ2v) is 9.99. The van der Waals surface area contributed by atoms with Crippen LogP contribution in [-0.2, 0) is 0 Å². The van der Waals surface area contributed by atoms with Gasteiger partial charge in [0.1, 0.15) is 6.71 Å². The summed E-state index contributed by atoms with van der Waals surface area (Å²) in [7, 11) is -0.195. The molecular weight excluding hydrogens is 306 g/mol. The monoisotopic (exact) mass is 334 g/mol. The number of fused-ring (bicyclic) bond motifs is 2. The van der Waals surface area contributed by atoms with Crippen molar-refractivity contribution in [3.05, 3.63) is 60.7 Å². The predicted octanol–water partition coefficient (Wildman–Crippen LogP) is 5.72. The smallest absolute Gasteiger partial charge is 0.0691 e. The third-order valence-electron chi connectivity index (χ3n) is 6.33. The number of hydrogen-bond acceptors (Lipinski definition) is 0. The maximum Gasteiger partial charge on any atom is 0.146 e. The van der Waals surface area contributed by atoms with Gasteiger partial charge in [0.25, 0.3) is 0 Å². The molecule has 2 aromatic rings. The molecule has 124 valence electrons. The van der Waals surface area contributed by atoms with Gasteiger partial charge >= 0.3 is 0 Å². The van der Waals surface area contributed by atoms with E-state index in [4.69, 9.17) is 0 Å². The summed E-state index contributed by atoms with van der Waals surface area (Å²) in [5.74, 6) is 2.08. The van der Waals surface area contributed by atoms with Gasteiger partial charge in [-0.2, -0.15) is 0 Å². The van der Waals surface area contributed by atoms with Crippen molar-refractivity contribution in [2.75, 3.05) is 6.16 Å². The van der Waals surface area contributed by atoms with Gasteiger partial charge in [-0.25, -0.2) is 0 Å². The zero-order valence-corrected chi connectivity index (χ0v) is 15.5. The highest BCUT2D eigenvalue weighted by molar-refractivity contribution is 7.73. The molecule has 0 unspecified atom stereocenters. The number of hydrogen-bond donors (Lipinski definition) is 0. The molecule has 2 aliphatic rings. The van der Waals surface area contributed by atoms with E-state index in [1.807, 2.05) is 0 Å². The SMILES string of the molecule is c1ccc(P(CCB2C3CCCC2CCC3)c2ccccc2)cc1. The Morgan fingerprint density at radius 2 is 1.17 bits per heavy atom. The lowest BCUT2D eigenvalue weighted by Gasteiger charge is -2.41. The summed E-state index contributed by atoms with van der Waals surface area (Å²) in [5, 5.41) is 3.11. The molecule has 0 aromatic heterocycles. The van der Waals surface area contributed by atoms with E-state index in [1.165, 1.54) is 51.0 Å². The Balaban J connectivity index is 1.52. The van der Waals surface area contributed by atoms with Crippen LogP contribution in [0.15, 0.2) is 60.7 Å². The highest BCUT2D eigenvalue weighted by Gasteiger charge is 2.38. The highest BCUT2D eigenvalue weighted by atomic mass is 31.1. The molecule has 0 spiro atoms. The van der Waals surface area contributed by atoms with E-state index in [0.29, 0.717) is 0 Å². The van der Waals surface area contributed by atoms with Gasteiger partial charge in [-0.1, -0.05) is 117 Å². The lowest BCUT2D eigenvalue weighted by Crippen LogP contribution is -2.35. The van der Waals surface area contributed by atoms with Gasteiger partial charge in [-0.05, 0) is 24.7 Å². The van der Waals surface area contributed by atoms with E-state index in [1.54, 1.807) is 10.6 Å². The quantitative estimate of drug-likeness (QED) is 0.484. The average molecular weight is 334 g/mol. The van der Waals surface area contributed by atoms with Gasteiger partial charge < -0.3 is 0 Å². The van der Waals surface area contributed by atoms with Crippen molar-refractivity contribution in [3.8, 4) is 0 Å². The summed E-state index contributed by atoms with van der Waals surface area (Å²) in [4.78, 5) is 0. The average Bonchev–Trinajstić information content (AvgIpc) is 2.63. The minimum atomic E-state index is -0.195. The summed E-state index contributed by atoms with van der Waals surface area (Å²) in [6.45, 7) is 1.02. The first-order chi connectivity index (χ1) is 11.9. The first-order valence-electron chi connectivity index (χ1n) is 9.79. The van der Waals surface area contributed by atoms with Crippen LogP contribution in [0.4, 0.5) is 0 Å². The van der Waals surface area contributed by atoms with Crippen LogP contribution in [0.1, 0.15) is 38.5 Å². The third kappa shape index (κ3) is 3.62. The van der Waals surface area contributed by atoms with E-state index < -0.39 is 0 Å². The number of rotatable bonds is 5. The van der Waals surface area contributed by atoms with Gasteiger partial charge in [0.05, 0.1) is 0 Å². The molecule has 4 rings (SSSR count). The zero-order chi connectivity index (χ0) is 16.2. The molecule has 0 N–H and O–H groups in total. The standard InChI is InChI=1S/C22H28BP/c1-3-13-21(14-4-1)24(22-15-5-2-6-16-22)18-17-23-19-9-7-10-20(23)12-8-11-19/h1-6,13-16,19-20H,7-12,17-18H2. The molecule has 0 amide bonds. The molecule has 0 atom stereocenters. The van der Waals surface area contributed by atoms with Crippen molar-refractivity contribution >= 4 is 25.2 Å². The molecule has 2 bridgehead atoms. The second kappa shape index (κ2) is 7.88. The summed E-state index contributed by atoms with van der Waals surface area (Å²) in [6, 6.07) is 22.5. The van der Waals surface area contributed by atoms with Crippen LogP contribution in [0.2, 0.25) is 18.0 Å². The lowest BCUT2D eigenvalue weighted by molar-refractivity contribution is 0.442. The van der Waals surface area contributed by atoms with Crippen LogP contribution >= 0.6 is 7.92 Å². The Labute approximate surface area is 148 Å². The predicted molar refractivity (Wildman–Crippen MR) is 110 cm³/mol. The minimum absolute atomic E-state index is 0.195. The Morgan fingerprint density at radius 1 is 0.708 bits per heavy atom. The van der Waals surface area contributed by atoms with Crippen molar-refractivity contribution in [2.45, 2.75) is 56.5 Å². The third-order valence-corrected chi connectivity index (χ3v) is 8.88. The Bertz CT molecular complexity index is 565. The Kier molecular flexibility index (Phi) is 5.38. The normalized spacial score (nSPS) is 23.5. The molecule has 0 saturated carbocycles. The first-order valence-corrected chi connectivity index (χ1v) is 11.3. The lowest BCUT2D eigenvalue weighted by atomic mass is 9.26. The van der Waals surface area contributed by atoms with Crippen LogP contribution in [0.25, 0.3) is 0 Å². The van der Waals surface area contributed by atoms with Crippen LogP contribution in [0.3, 0.4) is 0 Å². The summed E-state index contributed by atoms with van der Waals surface area (Å²) >= 11 is 0. The van der Waals surface area contributed by atoms with E-state index in [2.05, 4.69) is 60.7 Å². The summed E-state index contributed by atoms with van der Waals surface area (Å²) in [5.41, 5.74) is 0. The molecule has 0 nitrogen and oxygen atoms in total. The molecule has 2 heterocycles. The van der Waals surface area contributed by atoms with Crippen molar-refractivity contribution in [3.63, 3.8) is 0 Å². The maximum atomic E-state index is 2.35. The molecule has 2 fully saturated rings. The fourth-order valence-electron chi connectivity index (χ4n) is 5.19. The van der Waals surface area contributed by atoms with Crippen LogP contribution in [0, 0.1) is 0 Å².